The molecule has 0 aliphatic rings. The van der Waals surface area contributed by atoms with Gasteiger partial charge in [-0.1, -0.05) is 24.3 Å². The van der Waals surface area contributed by atoms with Crippen LogP contribution >= 0.6 is 0 Å². The third kappa shape index (κ3) is 4.72. The summed E-state index contributed by atoms with van der Waals surface area (Å²) < 4.78 is 47.0. The Morgan fingerprint density at radius 2 is 1.72 bits per heavy atom. The van der Waals surface area contributed by atoms with Gasteiger partial charge in [-0.15, -0.1) is 0 Å². The van der Waals surface area contributed by atoms with Crippen molar-refractivity contribution in [2.75, 3.05) is 17.1 Å². The van der Waals surface area contributed by atoms with Crippen LogP contribution in [-0.4, -0.2) is 21.4 Å². The molecule has 0 unspecified atom stereocenters. The number of para-hydroxylation sites is 2. The maximum atomic E-state index is 13.9. The molecule has 6 nitrogen and oxygen atoms in total. The highest BCUT2D eigenvalue weighted by molar-refractivity contribution is 7.92. The van der Waals surface area contributed by atoms with E-state index in [9.17, 15) is 17.6 Å². The van der Waals surface area contributed by atoms with Crippen LogP contribution in [0, 0.1) is 12.7 Å². The lowest BCUT2D eigenvalue weighted by Gasteiger charge is -2.12. The second-order valence-corrected chi connectivity index (χ2v) is 7.95. The van der Waals surface area contributed by atoms with Gasteiger partial charge in [-0.2, -0.15) is 0 Å². The minimum atomic E-state index is -3.97. The summed E-state index contributed by atoms with van der Waals surface area (Å²) in [5.41, 5.74) is 1.15. The molecule has 0 heterocycles. The van der Waals surface area contributed by atoms with E-state index in [1.165, 1.54) is 43.5 Å². The third-order valence-electron chi connectivity index (χ3n) is 4.13. The molecule has 3 aromatic rings. The molecule has 0 aromatic heterocycles. The minimum Gasteiger partial charge on any atom is -0.495 e. The SMILES string of the molecule is COc1ccccc1NS(=O)(=O)c1cccc(C(=O)Nc2cc(C)ccc2F)c1. The van der Waals surface area contributed by atoms with Gasteiger partial charge in [0.15, 0.2) is 0 Å². The van der Waals surface area contributed by atoms with E-state index in [2.05, 4.69) is 10.0 Å². The summed E-state index contributed by atoms with van der Waals surface area (Å²) >= 11 is 0. The maximum Gasteiger partial charge on any atom is 0.262 e. The van der Waals surface area contributed by atoms with Crippen molar-refractivity contribution >= 4 is 27.3 Å². The van der Waals surface area contributed by atoms with Crippen molar-refractivity contribution in [3.05, 3.63) is 83.7 Å². The van der Waals surface area contributed by atoms with E-state index < -0.39 is 21.7 Å². The molecule has 0 aliphatic heterocycles. The Bertz CT molecular complexity index is 1160. The third-order valence-corrected chi connectivity index (χ3v) is 5.49. The first-order chi connectivity index (χ1) is 13.8. The molecule has 0 saturated carbocycles. The number of amides is 1. The standard InChI is InChI=1S/C21H19FN2O4S/c1-14-10-11-17(22)19(12-14)23-21(25)15-6-5-7-16(13-15)29(26,27)24-18-8-3-4-9-20(18)28-2/h3-13,24H,1-2H3,(H,23,25). The summed E-state index contributed by atoms with van der Waals surface area (Å²) in [4.78, 5) is 12.4. The Morgan fingerprint density at radius 1 is 0.966 bits per heavy atom. The Morgan fingerprint density at radius 3 is 2.48 bits per heavy atom. The highest BCUT2D eigenvalue weighted by atomic mass is 32.2. The monoisotopic (exact) mass is 414 g/mol. The number of halogens is 1. The number of benzene rings is 3. The molecule has 0 fully saturated rings. The van der Waals surface area contributed by atoms with Crippen molar-refractivity contribution in [1.82, 2.24) is 0 Å². The number of ether oxygens (including phenoxy) is 1. The molecule has 0 aliphatic carbocycles. The van der Waals surface area contributed by atoms with Crippen LogP contribution in [0.5, 0.6) is 5.75 Å². The summed E-state index contributed by atoms with van der Waals surface area (Å²) in [5, 5.41) is 2.46. The molecule has 29 heavy (non-hydrogen) atoms. The first-order valence-electron chi connectivity index (χ1n) is 8.63. The minimum absolute atomic E-state index is 0.0235. The lowest BCUT2D eigenvalue weighted by molar-refractivity contribution is 0.102. The number of carbonyl (C=O) groups excluding carboxylic acids is 1. The van der Waals surface area contributed by atoms with E-state index in [1.54, 1.807) is 37.3 Å². The van der Waals surface area contributed by atoms with Gasteiger partial charge in [0.25, 0.3) is 15.9 Å². The Hall–Kier alpha value is -3.39. The van der Waals surface area contributed by atoms with Crippen molar-refractivity contribution in [2.24, 2.45) is 0 Å². The zero-order valence-corrected chi connectivity index (χ0v) is 16.6. The molecule has 0 spiro atoms. The molecular formula is C21H19FN2O4S. The number of sulfonamides is 1. The summed E-state index contributed by atoms with van der Waals surface area (Å²) in [6.07, 6.45) is 0. The summed E-state index contributed by atoms with van der Waals surface area (Å²) in [7, 11) is -2.54. The molecule has 0 radical (unpaired) electrons. The fourth-order valence-corrected chi connectivity index (χ4v) is 3.78. The molecule has 0 bridgehead atoms. The van der Waals surface area contributed by atoms with E-state index >= 15 is 0 Å². The highest BCUT2D eigenvalue weighted by Crippen LogP contribution is 2.26. The zero-order chi connectivity index (χ0) is 21.0. The molecule has 0 atom stereocenters. The average Bonchev–Trinajstić information content (AvgIpc) is 2.71. The second kappa shape index (κ2) is 8.32. The molecular weight excluding hydrogens is 395 g/mol. The summed E-state index contributed by atoms with van der Waals surface area (Å²) in [6, 6.07) is 16.4. The number of rotatable bonds is 6. The van der Waals surface area contributed by atoms with E-state index in [4.69, 9.17) is 4.74 Å². The molecule has 8 heteroatoms. The van der Waals surface area contributed by atoms with Crippen molar-refractivity contribution in [2.45, 2.75) is 11.8 Å². The molecule has 0 saturated heterocycles. The van der Waals surface area contributed by atoms with Crippen molar-refractivity contribution in [3.8, 4) is 5.75 Å². The smallest absolute Gasteiger partial charge is 0.262 e. The van der Waals surface area contributed by atoms with Crippen LogP contribution in [0.25, 0.3) is 0 Å². The van der Waals surface area contributed by atoms with Gasteiger partial charge < -0.3 is 10.1 Å². The van der Waals surface area contributed by atoms with Crippen molar-refractivity contribution in [3.63, 3.8) is 0 Å². The van der Waals surface area contributed by atoms with Gasteiger partial charge >= 0.3 is 0 Å². The van der Waals surface area contributed by atoms with E-state index in [0.717, 1.165) is 5.56 Å². The van der Waals surface area contributed by atoms with Crippen LogP contribution in [0.3, 0.4) is 0 Å². The lowest BCUT2D eigenvalue weighted by atomic mass is 10.2. The molecule has 1 amide bonds. The number of nitrogens with one attached hydrogen (secondary N) is 2. The number of hydrogen-bond acceptors (Lipinski definition) is 4. The fraction of sp³-hybridized carbons (Fsp3) is 0.0952. The molecule has 150 valence electrons. The number of methoxy groups -OCH3 is 1. The largest absolute Gasteiger partial charge is 0.495 e. The zero-order valence-electron chi connectivity index (χ0n) is 15.8. The Balaban J connectivity index is 1.86. The predicted molar refractivity (Wildman–Crippen MR) is 109 cm³/mol. The van der Waals surface area contributed by atoms with Crippen molar-refractivity contribution < 1.29 is 22.3 Å². The number of aryl methyl sites for hydroxylation is 1. The Kier molecular flexibility index (Phi) is 5.84. The second-order valence-electron chi connectivity index (χ2n) is 6.27. The van der Waals surface area contributed by atoms with E-state index in [-0.39, 0.29) is 21.8 Å². The van der Waals surface area contributed by atoms with Gasteiger partial charge in [-0.05, 0) is 55.0 Å². The van der Waals surface area contributed by atoms with Gasteiger partial charge in [-0.25, -0.2) is 12.8 Å². The van der Waals surface area contributed by atoms with Gasteiger partial charge in [0.2, 0.25) is 0 Å². The molecule has 3 aromatic carbocycles. The van der Waals surface area contributed by atoms with Crippen LogP contribution in [0.4, 0.5) is 15.8 Å². The maximum absolute atomic E-state index is 13.9. The number of hydrogen-bond donors (Lipinski definition) is 2. The predicted octanol–water partition coefficient (Wildman–Crippen LogP) is 4.20. The van der Waals surface area contributed by atoms with Gasteiger partial charge in [0.05, 0.1) is 23.4 Å². The fourth-order valence-electron chi connectivity index (χ4n) is 2.67. The number of carbonyl (C=O) groups is 1. The topological polar surface area (TPSA) is 84.5 Å². The first-order valence-corrected chi connectivity index (χ1v) is 10.1. The van der Waals surface area contributed by atoms with Crippen LogP contribution in [0.2, 0.25) is 0 Å². The summed E-state index contributed by atoms with van der Waals surface area (Å²) in [6.45, 7) is 1.77. The Labute approximate surface area is 168 Å². The quantitative estimate of drug-likeness (QED) is 0.633. The van der Waals surface area contributed by atoms with Crippen LogP contribution in [0.15, 0.2) is 71.6 Å². The van der Waals surface area contributed by atoms with Crippen LogP contribution in [0.1, 0.15) is 15.9 Å². The molecule has 3 rings (SSSR count). The van der Waals surface area contributed by atoms with Crippen LogP contribution < -0.4 is 14.8 Å². The van der Waals surface area contributed by atoms with Gasteiger partial charge in [0.1, 0.15) is 11.6 Å². The molecule has 2 N–H and O–H groups in total. The van der Waals surface area contributed by atoms with Gasteiger partial charge in [0, 0.05) is 5.56 Å². The first kappa shape index (κ1) is 20.3. The highest BCUT2D eigenvalue weighted by Gasteiger charge is 2.18. The summed E-state index contributed by atoms with van der Waals surface area (Å²) in [5.74, 6) is -0.839. The average molecular weight is 414 g/mol. The van der Waals surface area contributed by atoms with E-state index in [0.29, 0.717) is 5.75 Å². The normalized spacial score (nSPS) is 11.0. The number of anilines is 2. The van der Waals surface area contributed by atoms with E-state index in [1.807, 2.05) is 0 Å². The lowest BCUT2D eigenvalue weighted by Crippen LogP contribution is -2.16. The van der Waals surface area contributed by atoms with Gasteiger partial charge in [-0.3, -0.25) is 9.52 Å². The van der Waals surface area contributed by atoms with Crippen LogP contribution in [-0.2, 0) is 10.0 Å². The van der Waals surface area contributed by atoms with Crippen molar-refractivity contribution in [1.29, 1.82) is 0 Å².